The fraction of sp³-hybridized carbons (Fsp3) is 0.684. The van der Waals surface area contributed by atoms with Crippen LogP contribution in [0.25, 0.3) is 0 Å². The van der Waals surface area contributed by atoms with Gasteiger partial charge >= 0.3 is 6.18 Å². The second-order valence-corrected chi connectivity index (χ2v) is 10.7. The Kier molecular flexibility index (Phi) is 7.25. The second kappa shape index (κ2) is 8.90. The van der Waals surface area contributed by atoms with Crippen LogP contribution < -0.4 is 14.8 Å². The minimum atomic E-state index is -4.36. The van der Waals surface area contributed by atoms with Crippen LogP contribution in [0.5, 0.6) is 5.75 Å². The SMILES string of the molecule is CC(C)(C)S(=O)(=O)N[C@H]1CC[C@H](CNc2cccc(OCC(F)(F)F)c2)CC1. The maximum Gasteiger partial charge on any atom is 0.422 e. The number of sulfonamides is 1. The molecule has 0 aliphatic heterocycles. The van der Waals surface area contributed by atoms with E-state index in [2.05, 4.69) is 10.0 Å². The minimum Gasteiger partial charge on any atom is -0.484 e. The van der Waals surface area contributed by atoms with Crippen molar-refractivity contribution in [3.8, 4) is 5.75 Å². The van der Waals surface area contributed by atoms with E-state index in [0.717, 1.165) is 25.7 Å². The molecule has 1 aliphatic rings. The molecule has 0 unspecified atom stereocenters. The van der Waals surface area contributed by atoms with Crippen LogP contribution in [0.2, 0.25) is 0 Å². The van der Waals surface area contributed by atoms with E-state index in [1.807, 2.05) is 0 Å². The third-order valence-corrected chi connectivity index (χ3v) is 7.06. The molecule has 0 radical (unpaired) electrons. The zero-order chi connectivity index (χ0) is 21.0. The van der Waals surface area contributed by atoms with E-state index >= 15 is 0 Å². The molecule has 1 aromatic carbocycles. The molecule has 1 fully saturated rings. The molecule has 160 valence electrons. The highest BCUT2D eigenvalue weighted by Gasteiger charge is 2.32. The molecule has 0 heterocycles. The van der Waals surface area contributed by atoms with Gasteiger partial charge in [0.05, 0.1) is 4.75 Å². The molecule has 0 aromatic heterocycles. The highest BCUT2D eigenvalue weighted by molar-refractivity contribution is 7.90. The fourth-order valence-electron chi connectivity index (χ4n) is 3.00. The summed E-state index contributed by atoms with van der Waals surface area (Å²) in [6, 6.07) is 6.42. The van der Waals surface area contributed by atoms with Crippen LogP contribution in [0.15, 0.2) is 24.3 Å². The van der Waals surface area contributed by atoms with Crippen molar-refractivity contribution < 1.29 is 26.3 Å². The van der Waals surface area contributed by atoms with Crippen molar-refractivity contribution in [1.29, 1.82) is 0 Å². The molecule has 1 aliphatic carbocycles. The van der Waals surface area contributed by atoms with Gasteiger partial charge in [-0.3, -0.25) is 0 Å². The standard InChI is InChI=1S/C19H29F3N2O3S/c1-18(2,3)28(25,26)24-15-9-7-14(8-10-15)12-23-16-5-4-6-17(11-16)27-13-19(20,21)22/h4-6,11,14-15,23-24H,7-10,12-13H2,1-3H3/t14-,15-. The summed E-state index contributed by atoms with van der Waals surface area (Å²) in [5, 5.41) is 3.24. The molecule has 1 saturated carbocycles. The average Bonchev–Trinajstić information content (AvgIpc) is 2.58. The van der Waals surface area contributed by atoms with Gasteiger partial charge in [-0.25, -0.2) is 13.1 Å². The maximum absolute atomic E-state index is 12.3. The van der Waals surface area contributed by atoms with E-state index in [1.165, 1.54) is 6.07 Å². The number of benzene rings is 1. The number of hydrogen-bond donors (Lipinski definition) is 2. The Morgan fingerprint density at radius 1 is 1.11 bits per heavy atom. The van der Waals surface area contributed by atoms with E-state index in [-0.39, 0.29) is 11.8 Å². The highest BCUT2D eigenvalue weighted by atomic mass is 32.2. The summed E-state index contributed by atoms with van der Waals surface area (Å²) < 4.78 is 68.0. The first kappa shape index (κ1) is 22.8. The normalized spacial score (nSPS) is 21.4. The molecule has 9 heteroatoms. The molecule has 0 spiro atoms. The van der Waals surface area contributed by atoms with Crippen molar-refractivity contribution in [3.63, 3.8) is 0 Å². The number of anilines is 1. The van der Waals surface area contributed by atoms with E-state index < -0.39 is 27.6 Å². The summed E-state index contributed by atoms with van der Waals surface area (Å²) in [6.45, 7) is 4.40. The third-order valence-electron chi connectivity index (χ3n) is 4.81. The van der Waals surface area contributed by atoms with Crippen LogP contribution in [-0.2, 0) is 10.0 Å². The highest BCUT2D eigenvalue weighted by Crippen LogP contribution is 2.27. The van der Waals surface area contributed by atoms with Crippen LogP contribution in [-0.4, -0.2) is 38.5 Å². The number of rotatable bonds is 7. The van der Waals surface area contributed by atoms with Crippen LogP contribution >= 0.6 is 0 Å². The number of halogens is 3. The average molecular weight is 423 g/mol. The lowest BCUT2D eigenvalue weighted by Gasteiger charge is -2.31. The van der Waals surface area contributed by atoms with E-state index in [9.17, 15) is 21.6 Å². The summed E-state index contributed by atoms with van der Waals surface area (Å²) in [4.78, 5) is 0. The number of nitrogens with one attached hydrogen (secondary N) is 2. The molecule has 0 saturated heterocycles. The molecule has 5 nitrogen and oxygen atoms in total. The summed E-state index contributed by atoms with van der Waals surface area (Å²) in [6.07, 6.45) is -1.05. The Morgan fingerprint density at radius 3 is 2.32 bits per heavy atom. The van der Waals surface area contributed by atoms with E-state index in [0.29, 0.717) is 18.2 Å². The molecule has 0 atom stereocenters. The molecular weight excluding hydrogens is 393 g/mol. The number of hydrogen-bond acceptors (Lipinski definition) is 4. The lowest BCUT2D eigenvalue weighted by atomic mass is 9.86. The lowest BCUT2D eigenvalue weighted by molar-refractivity contribution is -0.153. The van der Waals surface area contributed by atoms with Crippen molar-refractivity contribution in [3.05, 3.63) is 24.3 Å². The predicted octanol–water partition coefficient (Wildman–Crippen LogP) is 4.32. The van der Waals surface area contributed by atoms with Crippen LogP contribution in [0.3, 0.4) is 0 Å². The van der Waals surface area contributed by atoms with Gasteiger partial charge < -0.3 is 10.1 Å². The van der Waals surface area contributed by atoms with Gasteiger partial charge in [0.1, 0.15) is 5.75 Å². The first-order valence-electron chi connectivity index (χ1n) is 9.41. The minimum absolute atomic E-state index is 0.0421. The van der Waals surface area contributed by atoms with Gasteiger partial charge in [0.15, 0.2) is 6.61 Å². The number of ether oxygens (including phenoxy) is 1. The van der Waals surface area contributed by atoms with Gasteiger partial charge in [-0.15, -0.1) is 0 Å². The number of alkyl halides is 3. The van der Waals surface area contributed by atoms with Gasteiger partial charge in [0, 0.05) is 24.3 Å². The summed E-state index contributed by atoms with van der Waals surface area (Å²) >= 11 is 0. The maximum atomic E-state index is 12.3. The zero-order valence-electron chi connectivity index (χ0n) is 16.5. The topological polar surface area (TPSA) is 67.4 Å². The molecule has 0 amide bonds. The van der Waals surface area contributed by atoms with Gasteiger partial charge in [-0.05, 0) is 64.5 Å². The van der Waals surface area contributed by atoms with Crippen molar-refractivity contribution in [1.82, 2.24) is 4.72 Å². The fourth-order valence-corrected chi connectivity index (χ4v) is 4.03. The van der Waals surface area contributed by atoms with Crippen molar-refractivity contribution >= 4 is 15.7 Å². The summed E-state index contributed by atoms with van der Waals surface area (Å²) in [5.41, 5.74) is 0.704. The van der Waals surface area contributed by atoms with Gasteiger partial charge in [-0.1, -0.05) is 6.07 Å². The lowest BCUT2D eigenvalue weighted by Crippen LogP contribution is -2.46. The molecular formula is C19H29F3N2O3S. The molecule has 28 heavy (non-hydrogen) atoms. The van der Waals surface area contributed by atoms with E-state index in [1.54, 1.807) is 39.0 Å². The molecule has 2 N–H and O–H groups in total. The summed E-state index contributed by atoms with van der Waals surface area (Å²) in [5.74, 6) is 0.553. The van der Waals surface area contributed by atoms with Gasteiger partial charge in [0.25, 0.3) is 0 Å². The Bertz CT molecular complexity index is 738. The zero-order valence-corrected chi connectivity index (χ0v) is 17.3. The third kappa shape index (κ3) is 7.16. The van der Waals surface area contributed by atoms with E-state index in [4.69, 9.17) is 4.74 Å². The summed E-state index contributed by atoms with van der Waals surface area (Å²) in [7, 11) is -3.35. The Balaban J connectivity index is 1.78. The van der Waals surface area contributed by atoms with Crippen molar-refractivity contribution in [2.75, 3.05) is 18.5 Å². The smallest absolute Gasteiger partial charge is 0.422 e. The Hall–Kier alpha value is -1.48. The predicted molar refractivity (Wildman–Crippen MR) is 104 cm³/mol. The quantitative estimate of drug-likeness (QED) is 0.687. The Labute approximate surface area is 165 Å². The molecule has 1 aromatic rings. The monoisotopic (exact) mass is 422 g/mol. The van der Waals surface area contributed by atoms with Crippen LogP contribution in [0.4, 0.5) is 18.9 Å². The first-order chi connectivity index (χ1) is 12.9. The Morgan fingerprint density at radius 2 is 1.75 bits per heavy atom. The second-order valence-electron chi connectivity index (χ2n) is 8.26. The first-order valence-corrected chi connectivity index (χ1v) is 10.9. The van der Waals surface area contributed by atoms with Crippen LogP contribution in [0.1, 0.15) is 46.5 Å². The molecule has 2 rings (SSSR count). The van der Waals surface area contributed by atoms with Gasteiger partial charge in [0.2, 0.25) is 10.0 Å². The van der Waals surface area contributed by atoms with Crippen molar-refractivity contribution in [2.45, 2.75) is 63.4 Å². The van der Waals surface area contributed by atoms with Crippen molar-refractivity contribution in [2.24, 2.45) is 5.92 Å². The molecule has 0 bridgehead atoms. The van der Waals surface area contributed by atoms with Crippen LogP contribution in [0, 0.1) is 5.92 Å². The largest absolute Gasteiger partial charge is 0.484 e. The van der Waals surface area contributed by atoms with Gasteiger partial charge in [-0.2, -0.15) is 13.2 Å².